The van der Waals surface area contributed by atoms with Gasteiger partial charge in [-0.1, -0.05) is 12.1 Å². The van der Waals surface area contributed by atoms with Gasteiger partial charge in [-0.25, -0.2) is 18.4 Å². The highest BCUT2D eigenvalue weighted by Gasteiger charge is 2.50. The quantitative estimate of drug-likeness (QED) is 0.465. The average Bonchev–Trinajstić information content (AvgIpc) is 2.83. The molecule has 2 fully saturated rings. The molecular weight excluding hydrogens is 551 g/mol. The van der Waals surface area contributed by atoms with E-state index in [0.717, 1.165) is 12.1 Å². The summed E-state index contributed by atoms with van der Waals surface area (Å²) in [5, 5.41) is 2.87. The Morgan fingerprint density at radius 2 is 1.75 bits per heavy atom. The molecule has 15 heteroatoms. The maximum Gasteiger partial charge on any atom is 0.524 e. The van der Waals surface area contributed by atoms with Gasteiger partial charge in [0.25, 0.3) is 0 Å². The molecule has 2 aromatic carbocycles. The Labute approximate surface area is 229 Å². The van der Waals surface area contributed by atoms with Crippen LogP contribution in [-0.2, 0) is 31.9 Å². The maximum absolute atomic E-state index is 14.2. The Balaban J connectivity index is 1.71. The number of piperazine rings is 1. The lowest BCUT2D eigenvalue weighted by Gasteiger charge is -2.54. The van der Waals surface area contributed by atoms with E-state index < -0.39 is 37.6 Å². The summed E-state index contributed by atoms with van der Waals surface area (Å²) in [4.78, 5) is 62.2. The van der Waals surface area contributed by atoms with Crippen molar-refractivity contribution in [3.63, 3.8) is 0 Å². The molecule has 4 rings (SSSR count). The van der Waals surface area contributed by atoms with Crippen molar-refractivity contribution in [3.8, 4) is 5.75 Å². The molecule has 2 saturated heterocycles. The van der Waals surface area contributed by atoms with E-state index in [0.29, 0.717) is 16.8 Å². The average molecular weight is 582 g/mol. The van der Waals surface area contributed by atoms with Crippen LogP contribution in [0.5, 0.6) is 5.75 Å². The Morgan fingerprint density at radius 1 is 1.12 bits per heavy atom. The van der Waals surface area contributed by atoms with Crippen molar-refractivity contribution >= 4 is 31.2 Å². The first kappa shape index (κ1) is 29.4. The number of hydrogen-bond donors (Lipinski definition) is 2. The summed E-state index contributed by atoms with van der Waals surface area (Å²) in [7, 11) is 0.138. The van der Waals surface area contributed by atoms with Gasteiger partial charge in [-0.15, -0.1) is 0 Å². The van der Waals surface area contributed by atoms with Crippen LogP contribution in [0.4, 0.5) is 14.5 Å². The third-order valence-corrected chi connectivity index (χ3v) is 7.25. The second kappa shape index (κ2) is 11.1. The fraction of sp³-hybridized carbons (Fsp3) is 0.400. The molecule has 0 saturated carbocycles. The Kier molecular flexibility index (Phi) is 8.18. The molecule has 2 atom stereocenters. The first-order chi connectivity index (χ1) is 18.7. The molecule has 2 N–H and O–H groups in total. The van der Waals surface area contributed by atoms with Gasteiger partial charge in [0.1, 0.15) is 18.0 Å². The molecule has 12 nitrogen and oxygen atoms in total. The summed E-state index contributed by atoms with van der Waals surface area (Å²) in [5.41, 5.74) is 1.26. The molecule has 2 heterocycles. The van der Waals surface area contributed by atoms with Crippen molar-refractivity contribution in [1.29, 1.82) is 0 Å². The smallest absolute Gasteiger partial charge is 0.404 e. The normalized spacial score (nSPS) is 20.1. The summed E-state index contributed by atoms with van der Waals surface area (Å²) in [5.74, 6) is -3.36. The number of hydrazine groups is 1. The van der Waals surface area contributed by atoms with Crippen molar-refractivity contribution in [2.75, 3.05) is 39.1 Å². The van der Waals surface area contributed by atoms with E-state index in [9.17, 15) is 27.7 Å². The number of phosphoric acid groups is 1. The first-order valence-corrected chi connectivity index (χ1v) is 13.8. The van der Waals surface area contributed by atoms with E-state index in [-0.39, 0.29) is 43.6 Å². The van der Waals surface area contributed by atoms with E-state index in [2.05, 4.69) is 4.52 Å². The van der Waals surface area contributed by atoms with Crippen LogP contribution in [0.3, 0.4) is 0 Å². The van der Waals surface area contributed by atoms with Gasteiger partial charge < -0.3 is 19.2 Å². The molecule has 0 radical (unpaired) electrons. The number of likely N-dealkylation sites (N-methyl/N-ethyl adjacent to an activating group) is 1. The number of benzene rings is 2. The summed E-state index contributed by atoms with van der Waals surface area (Å²) >= 11 is 0. The van der Waals surface area contributed by atoms with Crippen LogP contribution in [0, 0.1) is 11.6 Å². The Morgan fingerprint density at radius 3 is 2.33 bits per heavy atom. The van der Waals surface area contributed by atoms with Crippen molar-refractivity contribution in [1.82, 2.24) is 19.8 Å². The number of fused-ring (bicyclic) bond motifs is 1. The van der Waals surface area contributed by atoms with Crippen LogP contribution in [-0.4, -0.2) is 93.8 Å². The highest BCUT2D eigenvalue weighted by Crippen LogP contribution is 2.38. The minimum Gasteiger partial charge on any atom is -0.404 e. The van der Waals surface area contributed by atoms with Crippen molar-refractivity contribution < 1.29 is 42.0 Å². The van der Waals surface area contributed by atoms with Crippen molar-refractivity contribution in [2.24, 2.45) is 0 Å². The third kappa shape index (κ3) is 6.09. The lowest BCUT2D eigenvalue weighted by molar-refractivity contribution is -0.201. The van der Waals surface area contributed by atoms with Gasteiger partial charge in [0.05, 0.1) is 13.1 Å². The number of rotatable bonds is 7. The summed E-state index contributed by atoms with van der Waals surface area (Å²) in [6, 6.07) is 6.70. The summed E-state index contributed by atoms with van der Waals surface area (Å²) < 4.78 is 44.0. The lowest BCUT2D eigenvalue weighted by Crippen LogP contribution is -2.75. The van der Waals surface area contributed by atoms with Gasteiger partial charge in [0, 0.05) is 52.8 Å². The molecule has 0 spiro atoms. The number of amides is 3. The van der Waals surface area contributed by atoms with Crippen LogP contribution < -0.4 is 9.42 Å². The second-order valence-corrected chi connectivity index (χ2v) is 11.1. The van der Waals surface area contributed by atoms with Crippen LogP contribution in [0.25, 0.3) is 0 Å². The molecule has 0 unspecified atom stereocenters. The fourth-order valence-electron chi connectivity index (χ4n) is 5.18. The highest BCUT2D eigenvalue weighted by atomic mass is 31.2. The molecule has 0 bridgehead atoms. The molecule has 216 valence electrons. The third-order valence-electron chi connectivity index (χ3n) is 6.80. The molecule has 2 aromatic rings. The predicted octanol–water partition coefficient (Wildman–Crippen LogP) is 1.32. The summed E-state index contributed by atoms with van der Waals surface area (Å²) in [6.07, 6.45) is -0.835. The number of phosphoric ester groups is 1. The minimum atomic E-state index is -4.77. The van der Waals surface area contributed by atoms with E-state index in [4.69, 9.17) is 9.79 Å². The minimum absolute atomic E-state index is 0.0154. The van der Waals surface area contributed by atoms with E-state index in [1.54, 1.807) is 26.0 Å². The maximum atomic E-state index is 14.2. The van der Waals surface area contributed by atoms with E-state index in [1.165, 1.54) is 51.0 Å². The van der Waals surface area contributed by atoms with Gasteiger partial charge in [-0.3, -0.25) is 29.2 Å². The van der Waals surface area contributed by atoms with Crippen LogP contribution in [0.1, 0.15) is 18.1 Å². The number of carbonyl (C=O) groups is 3. The molecule has 2 aliphatic rings. The topological polar surface area (TPSA) is 134 Å². The van der Waals surface area contributed by atoms with E-state index in [1.807, 2.05) is 0 Å². The molecule has 0 aliphatic carbocycles. The SMILES string of the molecule is CC(=O)N1[C@H]2CN(Cc3cc(F)c(F)cc3N(C)C)C(=O)[C@H](Cc3ccc(OP(=O)(O)O)cc3)N2C(=O)CN1C. The highest BCUT2D eigenvalue weighted by molar-refractivity contribution is 7.46. The van der Waals surface area contributed by atoms with Gasteiger partial charge in [-0.05, 0) is 29.3 Å². The molecule has 3 amide bonds. The number of halogens is 2. The van der Waals surface area contributed by atoms with Gasteiger partial charge in [-0.2, -0.15) is 0 Å². The Bertz CT molecular complexity index is 1370. The number of nitrogens with zero attached hydrogens (tertiary/aromatic N) is 5. The summed E-state index contributed by atoms with van der Waals surface area (Å²) in [6.45, 7) is 1.04. The second-order valence-electron chi connectivity index (χ2n) is 9.91. The van der Waals surface area contributed by atoms with E-state index >= 15 is 0 Å². The van der Waals surface area contributed by atoms with Gasteiger partial charge >= 0.3 is 7.82 Å². The number of carbonyl (C=O) groups excluding carboxylic acids is 3. The number of hydrogen-bond acceptors (Lipinski definition) is 7. The Hall–Kier alpha value is -3.58. The predicted molar refractivity (Wildman–Crippen MR) is 138 cm³/mol. The zero-order chi connectivity index (χ0) is 29.5. The number of anilines is 1. The van der Waals surface area contributed by atoms with Crippen molar-refractivity contribution in [3.05, 3.63) is 59.2 Å². The molecule has 0 aromatic heterocycles. The lowest BCUT2D eigenvalue weighted by atomic mass is 9.98. The zero-order valence-electron chi connectivity index (χ0n) is 22.3. The molecule has 40 heavy (non-hydrogen) atoms. The van der Waals surface area contributed by atoms with Crippen LogP contribution in [0.15, 0.2) is 36.4 Å². The zero-order valence-corrected chi connectivity index (χ0v) is 23.2. The van der Waals surface area contributed by atoms with Crippen LogP contribution in [0.2, 0.25) is 0 Å². The monoisotopic (exact) mass is 581 g/mol. The molecular formula is C25H30F2N5O7P. The standard InChI is InChI=1S/C25H30F2N5O7P/c1-15(33)32-23-13-30(12-17-10-19(26)20(27)11-21(17)28(2)3)25(35)22(31(23)24(34)14-29(32)4)9-16-5-7-18(8-6-16)39-40(36,37)38/h5-8,10-11,22-23H,9,12-14H2,1-4H3,(H2,36,37,38)/t22-,23-/m0/s1. The molecule has 2 aliphatic heterocycles. The van der Waals surface area contributed by atoms with Crippen LogP contribution >= 0.6 is 7.82 Å². The van der Waals surface area contributed by atoms with Crippen molar-refractivity contribution in [2.45, 2.75) is 32.1 Å². The first-order valence-electron chi connectivity index (χ1n) is 12.3. The van der Waals surface area contributed by atoms with Gasteiger partial charge in [0.2, 0.25) is 17.7 Å². The largest absolute Gasteiger partial charge is 0.524 e. The van der Waals surface area contributed by atoms with Gasteiger partial charge in [0.15, 0.2) is 11.6 Å². The fourth-order valence-corrected chi connectivity index (χ4v) is 5.58.